The molecule has 3 aliphatic heterocycles. The average Bonchev–Trinajstić information content (AvgIpc) is 4.03. The van der Waals surface area contributed by atoms with Gasteiger partial charge in [-0.3, -0.25) is 9.59 Å². The number of nitrogens with zero attached hydrogens (tertiary/aromatic N) is 4. The lowest BCUT2D eigenvalue weighted by atomic mass is 9.92. The quantitative estimate of drug-likeness (QED) is 0.0976. The van der Waals surface area contributed by atoms with Gasteiger partial charge in [0.05, 0.1) is 55.8 Å². The van der Waals surface area contributed by atoms with Crippen LogP contribution < -0.4 is 15.7 Å². The molecule has 0 aliphatic carbocycles. The molecular formula is C44H56N8O6. The molecule has 0 bridgehead atoms. The van der Waals surface area contributed by atoms with E-state index in [1.54, 1.807) is 21.3 Å². The number of carbonyl (C=O) groups is 2. The van der Waals surface area contributed by atoms with Crippen LogP contribution in [0, 0.1) is 23.7 Å². The number of nitrogens with one attached hydrogen (secondary N) is 4. The average molecular weight is 793 g/mol. The van der Waals surface area contributed by atoms with E-state index < -0.39 is 12.1 Å². The van der Waals surface area contributed by atoms with Gasteiger partial charge in [0.2, 0.25) is 11.8 Å². The number of fused-ring (bicyclic) bond motifs is 6. The lowest BCUT2D eigenvalue weighted by Crippen LogP contribution is -2.49. The maximum Gasteiger partial charge on any atom is 0.242 e. The second kappa shape index (κ2) is 16.4. The maximum absolute atomic E-state index is 13.9. The van der Waals surface area contributed by atoms with Gasteiger partial charge in [0.25, 0.3) is 0 Å². The van der Waals surface area contributed by atoms with E-state index in [9.17, 15) is 9.59 Å². The van der Waals surface area contributed by atoms with Crippen molar-refractivity contribution in [2.45, 2.75) is 78.2 Å². The molecule has 14 heteroatoms. The molecule has 0 saturated carbocycles. The number of benzene rings is 3. The lowest BCUT2D eigenvalue weighted by molar-refractivity contribution is -0.140. The Bertz CT molecular complexity index is 2300. The number of H-pyrrole nitrogens is 2. The van der Waals surface area contributed by atoms with Crippen LogP contribution in [0.4, 0.5) is 0 Å². The van der Waals surface area contributed by atoms with E-state index >= 15 is 0 Å². The molecule has 0 unspecified atom stereocenters. The Balaban J connectivity index is 1.06. The van der Waals surface area contributed by atoms with Crippen LogP contribution in [0.3, 0.4) is 0 Å². The molecule has 3 aliphatic rings. The van der Waals surface area contributed by atoms with Gasteiger partial charge in [0.1, 0.15) is 36.1 Å². The third-order valence-corrected chi connectivity index (χ3v) is 12.1. The largest absolute Gasteiger partial charge is 0.488 e. The molecule has 58 heavy (non-hydrogen) atoms. The van der Waals surface area contributed by atoms with Crippen molar-refractivity contribution in [3.8, 4) is 28.1 Å². The summed E-state index contributed by atoms with van der Waals surface area (Å²) >= 11 is 0. The maximum atomic E-state index is 13.9. The molecule has 4 N–H and O–H groups in total. The van der Waals surface area contributed by atoms with Crippen LogP contribution in [0.1, 0.15) is 76.8 Å². The zero-order chi connectivity index (χ0) is 40.8. The molecule has 308 valence electrons. The number of carbonyl (C=O) groups excluding carboxylic acids is 2. The number of aromatic amines is 2. The van der Waals surface area contributed by atoms with Gasteiger partial charge in [0.15, 0.2) is 0 Å². The minimum absolute atomic E-state index is 0.0131. The number of rotatable bonds is 13. The van der Waals surface area contributed by atoms with Crippen molar-refractivity contribution in [3.63, 3.8) is 0 Å². The normalized spacial score (nSPS) is 21.6. The van der Waals surface area contributed by atoms with Crippen molar-refractivity contribution in [1.82, 2.24) is 40.7 Å². The molecule has 5 aromatic rings. The van der Waals surface area contributed by atoms with Gasteiger partial charge in [0, 0.05) is 37.1 Å². The molecule has 2 aromatic heterocycles. The van der Waals surface area contributed by atoms with E-state index in [2.05, 4.69) is 70.3 Å². The number of methoxy groups -OCH3 is 1. The van der Waals surface area contributed by atoms with Gasteiger partial charge in [-0.25, -0.2) is 9.97 Å². The SMILES string of the molecule is COC[C@H]1C[C@@H](c2nc3c(ccc4cc5c(cc43)OCc3cc(-c4cnc([C@@H]6C[C@H](C)CN6C(=O)[C@@H](NOC)C(C)C)[nH]4)ccc3-5)[nH]2)N(C(=O)[C@@H](NOC)C(C)C)C1. The van der Waals surface area contributed by atoms with Gasteiger partial charge >= 0.3 is 0 Å². The monoisotopic (exact) mass is 792 g/mol. The first kappa shape index (κ1) is 39.9. The number of ether oxygens (including phenoxy) is 2. The zero-order valence-corrected chi connectivity index (χ0v) is 34.7. The van der Waals surface area contributed by atoms with Crippen LogP contribution >= 0.6 is 0 Å². The van der Waals surface area contributed by atoms with Crippen molar-refractivity contribution in [2.24, 2.45) is 23.7 Å². The molecule has 2 fully saturated rings. The highest BCUT2D eigenvalue weighted by Gasteiger charge is 2.42. The summed E-state index contributed by atoms with van der Waals surface area (Å²) in [5, 5.41) is 2.04. The minimum Gasteiger partial charge on any atom is -0.488 e. The van der Waals surface area contributed by atoms with Crippen LogP contribution in [0.2, 0.25) is 0 Å². The van der Waals surface area contributed by atoms with Gasteiger partial charge in [-0.05, 0) is 76.9 Å². The Morgan fingerprint density at radius 1 is 0.862 bits per heavy atom. The smallest absolute Gasteiger partial charge is 0.242 e. The number of likely N-dealkylation sites (tertiary alicyclic amines) is 2. The van der Waals surface area contributed by atoms with E-state index in [0.29, 0.717) is 32.2 Å². The highest BCUT2D eigenvalue weighted by molar-refractivity contribution is 6.07. The van der Waals surface area contributed by atoms with Crippen LogP contribution in [0.15, 0.2) is 48.7 Å². The molecule has 14 nitrogen and oxygen atoms in total. The van der Waals surface area contributed by atoms with Crippen LogP contribution in [0.5, 0.6) is 5.75 Å². The summed E-state index contributed by atoms with van der Waals surface area (Å²) in [6.45, 7) is 12.5. The Kier molecular flexibility index (Phi) is 11.3. The van der Waals surface area contributed by atoms with Crippen molar-refractivity contribution < 1.29 is 28.7 Å². The number of hydrogen-bond donors (Lipinski definition) is 4. The Morgan fingerprint density at radius 3 is 2.26 bits per heavy atom. The van der Waals surface area contributed by atoms with E-state index in [-0.39, 0.29) is 41.7 Å². The van der Waals surface area contributed by atoms with Crippen LogP contribution in [-0.4, -0.2) is 94.7 Å². The number of hydroxylamine groups is 2. The van der Waals surface area contributed by atoms with Gasteiger partial charge in [-0.1, -0.05) is 52.8 Å². The summed E-state index contributed by atoms with van der Waals surface area (Å²) in [4.78, 5) is 59.0. The van der Waals surface area contributed by atoms with Crippen molar-refractivity contribution in [1.29, 1.82) is 0 Å². The number of hydrogen-bond acceptors (Lipinski definition) is 10. The molecule has 5 heterocycles. The Hall–Kier alpha value is -4.86. The third kappa shape index (κ3) is 7.36. The van der Waals surface area contributed by atoms with Gasteiger partial charge in [-0.15, -0.1) is 0 Å². The predicted octanol–water partition coefficient (Wildman–Crippen LogP) is 6.46. The fourth-order valence-corrected chi connectivity index (χ4v) is 9.17. The molecule has 3 aromatic carbocycles. The second-order valence-corrected chi connectivity index (χ2v) is 17.0. The van der Waals surface area contributed by atoms with E-state index in [4.69, 9.17) is 29.1 Å². The summed E-state index contributed by atoms with van der Waals surface area (Å²) < 4.78 is 12.0. The summed E-state index contributed by atoms with van der Waals surface area (Å²) in [6.07, 6.45) is 3.45. The van der Waals surface area contributed by atoms with E-state index in [1.165, 1.54) is 0 Å². The highest BCUT2D eigenvalue weighted by atomic mass is 16.6. The summed E-state index contributed by atoms with van der Waals surface area (Å²) in [7, 11) is 4.79. The minimum atomic E-state index is -0.482. The standard InChI is InChI=1S/C44H56N8O6/c1-23(2)38(49-56-7)43(53)51-19-25(5)13-35(51)41-45-18-34(47-41)28-9-11-30-29(15-28)22-58-37-17-31-27(16-32(30)37)10-12-33-40(31)48-42(46-33)36-14-26(21-55-6)20-52(36)44(54)39(24(3)4)50-57-8/h9-12,15-18,23-26,35-36,38-39,49-50H,13-14,19-22H2,1-8H3,(H,45,47)(H,46,48)/t25-,26-,35-,36-,38-,39-/m0/s1. The molecule has 0 spiro atoms. The summed E-state index contributed by atoms with van der Waals surface area (Å²) in [5.74, 6) is 3.01. The van der Waals surface area contributed by atoms with Crippen LogP contribution in [-0.2, 0) is 30.6 Å². The predicted molar refractivity (Wildman–Crippen MR) is 221 cm³/mol. The van der Waals surface area contributed by atoms with E-state index in [0.717, 1.165) is 80.0 Å². The molecular weight excluding hydrogens is 737 g/mol. The summed E-state index contributed by atoms with van der Waals surface area (Å²) in [6, 6.07) is 13.6. The Labute approximate surface area is 339 Å². The van der Waals surface area contributed by atoms with Crippen LogP contribution in [0.25, 0.3) is 44.2 Å². The first-order valence-electron chi connectivity index (χ1n) is 20.4. The van der Waals surface area contributed by atoms with Crippen molar-refractivity contribution >= 4 is 33.6 Å². The highest BCUT2D eigenvalue weighted by Crippen LogP contribution is 2.44. The first-order chi connectivity index (χ1) is 28.0. The number of imidazole rings is 2. The van der Waals surface area contributed by atoms with Crippen molar-refractivity contribution in [2.75, 3.05) is 41.0 Å². The second-order valence-electron chi connectivity index (χ2n) is 17.0. The zero-order valence-electron chi connectivity index (χ0n) is 34.7. The topological polar surface area (TPSA) is 159 Å². The fraction of sp³-hybridized carbons (Fsp3) is 0.500. The first-order valence-corrected chi connectivity index (χ1v) is 20.4. The molecule has 0 radical (unpaired) electrons. The van der Waals surface area contributed by atoms with Crippen molar-refractivity contribution in [3.05, 3.63) is 65.9 Å². The lowest BCUT2D eigenvalue weighted by Gasteiger charge is -2.29. The number of amides is 2. The fourth-order valence-electron chi connectivity index (χ4n) is 9.17. The Morgan fingerprint density at radius 2 is 1.57 bits per heavy atom. The third-order valence-electron chi connectivity index (χ3n) is 12.1. The van der Waals surface area contributed by atoms with Gasteiger partial charge in [-0.2, -0.15) is 11.0 Å². The van der Waals surface area contributed by atoms with Gasteiger partial charge < -0.3 is 38.9 Å². The molecule has 8 rings (SSSR count). The van der Waals surface area contributed by atoms with E-state index in [1.807, 2.05) is 43.7 Å². The molecule has 6 atom stereocenters. The molecule has 2 saturated heterocycles. The summed E-state index contributed by atoms with van der Waals surface area (Å²) in [5.41, 5.74) is 12.7. The number of aromatic nitrogens is 4. The molecule has 2 amide bonds.